The van der Waals surface area contributed by atoms with E-state index in [0.29, 0.717) is 17.3 Å². The Balaban J connectivity index is 2.28. The Morgan fingerprint density at radius 2 is 1.95 bits per heavy atom. The van der Waals surface area contributed by atoms with E-state index in [0.717, 1.165) is 21.7 Å². The van der Waals surface area contributed by atoms with E-state index >= 15 is 0 Å². The van der Waals surface area contributed by atoms with Gasteiger partial charge in [0, 0.05) is 16.3 Å². The first-order valence-corrected chi connectivity index (χ1v) is 6.45. The van der Waals surface area contributed by atoms with Gasteiger partial charge in [-0.15, -0.1) is 0 Å². The second-order valence-corrected chi connectivity index (χ2v) is 4.68. The maximum atomic E-state index is 11.7. The SMILES string of the molecule is CCOC(=O)c1cc2c(cc(Cl)c3ccccc32)[nH]1. The smallest absolute Gasteiger partial charge is 0.354 e. The van der Waals surface area contributed by atoms with Gasteiger partial charge >= 0.3 is 5.97 Å². The van der Waals surface area contributed by atoms with Gasteiger partial charge in [-0.2, -0.15) is 0 Å². The van der Waals surface area contributed by atoms with Crippen molar-refractivity contribution in [3.05, 3.63) is 47.1 Å². The highest BCUT2D eigenvalue weighted by Gasteiger charge is 2.13. The largest absolute Gasteiger partial charge is 0.461 e. The van der Waals surface area contributed by atoms with Gasteiger partial charge in [0.15, 0.2) is 0 Å². The molecule has 3 nitrogen and oxygen atoms in total. The Hall–Kier alpha value is -2.00. The van der Waals surface area contributed by atoms with Gasteiger partial charge in [0.2, 0.25) is 0 Å². The van der Waals surface area contributed by atoms with Crippen LogP contribution in [0.4, 0.5) is 0 Å². The van der Waals surface area contributed by atoms with E-state index in [1.165, 1.54) is 0 Å². The van der Waals surface area contributed by atoms with Crippen molar-refractivity contribution in [2.45, 2.75) is 6.92 Å². The van der Waals surface area contributed by atoms with Crippen molar-refractivity contribution in [2.24, 2.45) is 0 Å². The second kappa shape index (κ2) is 4.59. The number of hydrogen-bond donors (Lipinski definition) is 1. The van der Waals surface area contributed by atoms with Crippen LogP contribution in [-0.2, 0) is 4.74 Å². The highest BCUT2D eigenvalue weighted by atomic mass is 35.5. The number of carbonyl (C=O) groups excluding carboxylic acids is 1. The van der Waals surface area contributed by atoms with Crippen molar-refractivity contribution in [2.75, 3.05) is 6.61 Å². The summed E-state index contributed by atoms with van der Waals surface area (Å²) in [6, 6.07) is 11.5. The second-order valence-electron chi connectivity index (χ2n) is 4.27. The number of fused-ring (bicyclic) bond motifs is 3. The van der Waals surface area contributed by atoms with Crippen LogP contribution in [0.1, 0.15) is 17.4 Å². The van der Waals surface area contributed by atoms with Crippen molar-refractivity contribution in [1.29, 1.82) is 0 Å². The molecule has 1 heterocycles. The summed E-state index contributed by atoms with van der Waals surface area (Å²) in [6.07, 6.45) is 0. The Bertz CT molecular complexity index is 776. The summed E-state index contributed by atoms with van der Waals surface area (Å²) in [4.78, 5) is 14.8. The highest BCUT2D eigenvalue weighted by Crippen LogP contribution is 2.31. The first kappa shape index (κ1) is 12.1. The first-order valence-electron chi connectivity index (χ1n) is 6.08. The number of carbonyl (C=O) groups is 1. The van der Waals surface area contributed by atoms with Gasteiger partial charge in [0.1, 0.15) is 5.69 Å². The van der Waals surface area contributed by atoms with Gasteiger partial charge < -0.3 is 9.72 Å². The Kier molecular flexibility index (Phi) is 2.91. The minimum atomic E-state index is -0.348. The van der Waals surface area contributed by atoms with Crippen LogP contribution in [0, 0.1) is 0 Å². The lowest BCUT2D eigenvalue weighted by molar-refractivity contribution is 0.0520. The number of aromatic nitrogens is 1. The molecule has 4 heteroatoms. The van der Waals surface area contributed by atoms with Crippen LogP contribution < -0.4 is 0 Å². The lowest BCUT2D eigenvalue weighted by atomic mass is 10.1. The molecule has 0 bridgehead atoms. The lowest BCUT2D eigenvalue weighted by Gasteiger charge is -2.01. The summed E-state index contributed by atoms with van der Waals surface area (Å²) < 4.78 is 5.00. The summed E-state index contributed by atoms with van der Waals surface area (Å²) in [5.74, 6) is -0.348. The van der Waals surface area contributed by atoms with Gasteiger partial charge in [0.05, 0.1) is 11.6 Å². The third-order valence-corrected chi connectivity index (χ3v) is 3.40. The van der Waals surface area contributed by atoms with E-state index in [4.69, 9.17) is 16.3 Å². The van der Waals surface area contributed by atoms with Crippen molar-refractivity contribution in [1.82, 2.24) is 4.98 Å². The van der Waals surface area contributed by atoms with Crippen LogP contribution in [-0.4, -0.2) is 17.6 Å². The zero-order chi connectivity index (χ0) is 13.4. The van der Waals surface area contributed by atoms with Gasteiger partial charge in [-0.1, -0.05) is 35.9 Å². The summed E-state index contributed by atoms with van der Waals surface area (Å²) in [7, 11) is 0. The average Bonchev–Trinajstić information content (AvgIpc) is 2.83. The van der Waals surface area contributed by atoms with Crippen LogP contribution >= 0.6 is 11.6 Å². The van der Waals surface area contributed by atoms with Crippen LogP contribution in [0.25, 0.3) is 21.7 Å². The zero-order valence-electron chi connectivity index (χ0n) is 10.4. The third-order valence-electron chi connectivity index (χ3n) is 3.09. The first-order chi connectivity index (χ1) is 9.20. The molecule has 3 rings (SSSR count). The van der Waals surface area contributed by atoms with E-state index in [1.807, 2.05) is 36.4 Å². The monoisotopic (exact) mass is 273 g/mol. The minimum Gasteiger partial charge on any atom is -0.461 e. The molecule has 96 valence electrons. The lowest BCUT2D eigenvalue weighted by Crippen LogP contribution is -2.04. The zero-order valence-corrected chi connectivity index (χ0v) is 11.1. The normalized spacial score (nSPS) is 11.1. The molecule has 0 aliphatic carbocycles. The number of ether oxygens (including phenoxy) is 1. The van der Waals surface area contributed by atoms with Crippen molar-refractivity contribution in [3.8, 4) is 0 Å². The number of H-pyrrole nitrogens is 1. The molecule has 3 aromatic rings. The van der Waals surface area contributed by atoms with E-state index in [2.05, 4.69) is 4.98 Å². The molecule has 0 atom stereocenters. The quantitative estimate of drug-likeness (QED) is 0.713. The standard InChI is InChI=1S/C15H12ClNO2/c1-2-19-15(18)14-7-11-9-5-3-4-6-10(9)12(16)8-13(11)17-14/h3-8,17H,2H2,1H3. The molecule has 0 spiro atoms. The predicted molar refractivity (Wildman–Crippen MR) is 76.8 cm³/mol. The van der Waals surface area contributed by atoms with Crippen LogP contribution in [0.3, 0.4) is 0 Å². The number of halogens is 1. The molecule has 0 fully saturated rings. The number of aromatic amines is 1. The highest BCUT2D eigenvalue weighted by molar-refractivity contribution is 6.37. The molecule has 0 aliphatic rings. The van der Waals surface area contributed by atoms with Crippen molar-refractivity contribution >= 4 is 39.2 Å². The molecule has 0 unspecified atom stereocenters. The molecular formula is C15H12ClNO2. The van der Waals surface area contributed by atoms with Gasteiger partial charge in [-0.3, -0.25) is 0 Å². The van der Waals surface area contributed by atoms with Crippen LogP contribution in [0.5, 0.6) is 0 Å². The molecule has 1 N–H and O–H groups in total. The molecule has 19 heavy (non-hydrogen) atoms. The summed E-state index contributed by atoms with van der Waals surface area (Å²) in [5, 5.41) is 3.64. The van der Waals surface area contributed by atoms with Crippen LogP contribution in [0.2, 0.25) is 5.02 Å². The molecule has 0 amide bonds. The number of rotatable bonds is 2. The van der Waals surface area contributed by atoms with E-state index < -0.39 is 0 Å². The average molecular weight is 274 g/mol. The van der Waals surface area contributed by atoms with E-state index in [1.54, 1.807) is 6.92 Å². The molecule has 2 aromatic carbocycles. The molecule has 0 aliphatic heterocycles. The summed E-state index contributed by atoms with van der Waals surface area (Å²) in [6.45, 7) is 2.14. The molecule has 0 saturated heterocycles. The van der Waals surface area contributed by atoms with Gasteiger partial charge in [0.25, 0.3) is 0 Å². The maximum absolute atomic E-state index is 11.7. The minimum absolute atomic E-state index is 0.348. The number of benzene rings is 2. The number of nitrogens with one attached hydrogen (secondary N) is 1. The fourth-order valence-electron chi connectivity index (χ4n) is 2.26. The number of hydrogen-bond acceptors (Lipinski definition) is 2. The molecule has 0 radical (unpaired) electrons. The van der Waals surface area contributed by atoms with Crippen molar-refractivity contribution < 1.29 is 9.53 Å². The molecule has 0 saturated carbocycles. The Labute approximate surface area is 115 Å². The molecule has 1 aromatic heterocycles. The number of esters is 1. The summed E-state index contributed by atoms with van der Waals surface area (Å²) in [5.41, 5.74) is 1.29. The van der Waals surface area contributed by atoms with E-state index in [-0.39, 0.29) is 5.97 Å². The van der Waals surface area contributed by atoms with Gasteiger partial charge in [-0.05, 0) is 24.4 Å². The third kappa shape index (κ3) is 1.96. The topological polar surface area (TPSA) is 42.1 Å². The molecular weight excluding hydrogens is 262 g/mol. The Morgan fingerprint density at radius 3 is 2.68 bits per heavy atom. The van der Waals surface area contributed by atoms with Gasteiger partial charge in [-0.25, -0.2) is 4.79 Å². The predicted octanol–water partition coefficient (Wildman–Crippen LogP) is 4.15. The summed E-state index contributed by atoms with van der Waals surface area (Å²) >= 11 is 6.25. The van der Waals surface area contributed by atoms with E-state index in [9.17, 15) is 4.79 Å². The maximum Gasteiger partial charge on any atom is 0.354 e. The fraction of sp³-hybridized carbons (Fsp3) is 0.133. The Morgan fingerprint density at radius 1 is 1.21 bits per heavy atom. The van der Waals surface area contributed by atoms with Crippen molar-refractivity contribution in [3.63, 3.8) is 0 Å². The fourth-order valence-corrected chi connectivity index (χ4v) is 2.53. The van der Waals surface area contributed by atoms with Crippen LogP contribution in [0.15, 0.2) is 36.4 Å².